The average Bonchev–Trinajstić information content (AvgIpc) is 3.92. The third-order valence-corrected chi connectivity index (χ3v) is 11.0. The van der Waals surface area contributed by atoms with Gasteiger partial charge in [-0.3, -0.25) is 19.2 Å². The molecule has 0 saturated carbocycles. The molecule has 2 N–H and O–H groups in total. The van der Waals surface area contributed by atoms with Crippen LogP contribution in [-0.2, 0) is 35.3 Å². The van der Waals surface area contributed by atoms with Crippen molar-refractivity contribution < 1.29 is 33.8 Å². The maximum Gasteiger partial charge on any atom is 0.306 e. The van der Waals surface area contributed by atoms with E-state index in [-0.39, 0.29) is 44.7 Å². The lowest BCUT2D eigenvalue weighted by atomic mass is 9.70. The number of carbonyl (C=O) groups excluding carboxylic acids is 4. The van der Waals surface area contributed by atoms with Gasteiger partial charge in [-0.25, -0.2) is 4.68 Å². The molecule has 0 unspecified atom stereocenters. The molecule has 1 aromatic heterocycles. The number of ether oxygens (including phenoxy) is 2. The highest BCUT2D eigenvalue weighted by atomic mass is 16.5. The number of aliphatic hydroxyl groups excluding tert-OH is 1. The Kier molecular flexibility index (Phi) is 11.2. The number of nitrogens with one attached hydrogen (secondary N) is 1. The standard InChI is InChI=1S/C39H48N6O7/c1-5-8-18-32(47)51-23-28(26-14-10-9-11-15-26)40-36(48)33-31-19-20-39(52-31)34(33)37(49)45(30(22-46)25(4)7-3)35(39)38(50)43(21-6-2)24-44-29-17-13-12-16-27(29)41-42-44/h5-6,9-17,25,28,30-31,33-35,46H,1-2,7-8,18-24H2,3-4H3,(H,40,48)/t25-,28+,30-,31+,33-,34-,35+,39-/m0/s1. The van der Waals surface area contributed by atoms with Crippen LogP contribution >= 0.6 is 0 Å². The summed E-state index contributed by atoms with van der Waals surface area (Å²) < 4.78 is 13.9. The molecule has 13 nitrogen and oxygen atoms in total. The molecule has 3 aromatic rings. The van der Waals surface area contributed by atoms with Crippen LogP contribution in [-0.4, -0.2) is 97.1 Å². The number of carbonyl (C=O) groups is 4. The number of benzene rings is 2. The van der Waals surface area contributed by atoms with Crippen LogP contribution in [0.25, 0.3) is 11.0 Å². The van der Waals surface area contributed by atoms with Crippen LogP contribution in [0, 0.1) is 17.8 Å². The third kappa shape index (κ3) is 6.74. The van der Waals surface area contributed by atoms with E-state index in [4.69, 9.17) is 9.47 Å². The molecule has 276 valence electrons. The Morgan fingerprint density at radius 1 is 1.15 bits per heavy atom. The van der Waals surface area contributed by atoms with Gasteiger partial charge in [-0.05, 0) is 42.9 Å². The van der Waals surface area contributed by atoms with Crippen LogP contribution < -0.4 is 5.32 Å². The molecule has 6 rings (SSSR count). The zero-order chi connectivity index (χ0) is 37.0. The first-order valence-corrected chi connectivity index (χ1v) is 18.1. The number of aliphatic hydroxyl groups is 1. The normalized spacial score (nSPS) is 25.0. The number of fused-ring (bicyclic) bond motifs is 2. The molecular formula is C39H48N6O7. The van der Waals surface area contributed by atoms with E-state index in [2.05, 4.69) is 28.8 Å². The van der Waals surface area contributed by atoms with Crippen molar-refractivity contribution >= 4 is 34.7 Å². The summed E-state index contributed by atoms with van der Waals surface area (Å²) >= 11 is 0. The maximum absolute atomic E-state index is 15.0. The lowest BCUT2D eigenvalue weighted by Crippen LogP contribution is -2.60. The van der Waals surface area contributed by atoms with Crippen LogP contribution in [0.15, 0.2) is 79.9 Å². The van der Waals surface area contributed by atoms with Gasteiger partial charge < -0.3 is 29.7 Å². The molecule has 3 aliphatic rings. The Morgan fingerprint density at radius 2 is 1.90 bits per heavy atom. The fourth-order valence-electron chi connectivity index (χ4n) is 8.21. The van der Waals surface area contributed by atoms with Crippen molar-refractivity contribution in [1.29, 1.82) is 0 Å². The van der Waals surface area contributed by atoms with Gasteiger partial charge in [0.1, 0.15) is 30.4 Å². The monoisotopic (exact) mass is 712 g/mol. The van der Waals surface area contributed by atoms with Crippen LogP contribution in [0.2, 0.25) is 0 Å². The van der Waals surface area contributed by atoms with Gasteiger partial charge in [-0.2, -0.15) is 0 Å². The zero-order valence-electron chi connectivity index (χ0n) is 29.8. The second kappa shape index (κ2) is 15.8. The van der Waals surface area contributed by atoms with Gasteiger partial charge in [0.2, 0.25) is 17.7 Å². The molecule has 3 aliphatic heterocycles. The summed E-state index contributed by atoms with van der Waals surface area (Å²) in [5, 5.41) is 22.4. The number of esters is 1. The Morgan fingerprint density at radius 3 is 2.62 bits per heavy atom. The fourth-order valence-corrected chi connectivity index (χ4v) is 8.21. The largest absolute Gasteiger partial charge is 0.463 e. The zero-order valence-corrected chi connectivity index (χ0v) is 29.8. The second-order valence-corrected chi connectivity index (χ2v) is 14.0. The minimum Gasteiger partial charge on any atom is -0.463 e. The number of amides is 3. The van der Waals surface area contributed by atoms with Crippen molar-refractivity contribution in [2.75, 3.05) is 19.8 Å². The van der Waals surface area contributed by atoms with Crippen molar-refractivity contribution in [3.63, 3.8) is 0 Å². The highest BCUT2D eigenvalue weighted by Gasteiger charge is 2.75. The number of aromatic nitrogens is 3. The molecule has 3 fully saturated rings. The molecule has 0 radical (unpaired) electrons. The number of likely N-dealkylation sites (tertiary alicyclic amines) is 1. The predicted molar refractivity (Wildman–Crippen MR) is 192 cm³/mol. The van der Waals surface area contributed by atoms with E-state index in [1.807, 2.05) is 68.4 Å². The van der Waals surface area contributed by atoms with Crippen molar-refractivity contribution in [2.24, 2.45) is 17.8 Å². The first-order chi connectivity index (χ1) is 25.2. The summed E-state index contributed by atoms with van der Waals surface area (Å²) in [6, 6.07) is 14.1. The Balaban J connectivity index is 1.33. The summed E-state index contributed by atoms with van der Waals surface area (Å²) in [6.45, 7) is 11.2. The number of nitrogens with zero attached hydrogens (tertiary/aromatic N) is 5. The van der Waals surface area contributed by atoms with Gasteiger partial charge in [0.05, 0.1) is 42.1 Å². The molecule has 2 bridgehead atoms. The molecule has 13 heteroatoms. The van der Waals surface area contributed by atoms with Crippen molar-refractivity contribution in [2.45, 2.75) is 82.5 Å². The Bertz CT molecular complexity index is 1800. The summed E-state index contributed by atoms with van der Waals surface area (Å²) in [7, 11) is 0. The highest BCUT2D eigenvalue weighted by molar-refractivity contribution is 5.99. The van der Waals surface area contributed by atoms with Gasteiger partial charge in [-0.1, -0.05) is 80.1 Å². The molecule has 4 heterocycles. The Hall–Kier alpha value is -4.88. The molecule has 3 saturated heterocycles. The summed E-state index contributed by atoms with van der Waals surface area (Å²) in [5.41, 5.74) is 0.845. The predicted octanol–water partition coefficient (Wildman–Crippen LogP) is 3.55. The van der Waals surface area contributed by atoms with Crippen molar-refractivity contribution in [1.82, 2.24) is 30.1 Å². The maximum atomic E-state index is 15.0. The van der Waals surface area contributed by atoms with Crippen LogP contribution in [0.1, 0.15) is 57.6 Å². The van der Waals surface area contributed by atoms with E-state index in [0.717, 1.165) is 11.1 Å². The minimum absolute atomic E-state index is 0.0371. The lowest BCUT2D eigenvalue weighted by Gasteiger charge is -2.40. The smallest absolute Gasteiger partial charge is 0.306 e. The van der Waals surface area contributed by atoms with E-state index in [0.29, 0.717) is 31.2 Å². The molecule has 8 atom stereocenters. The van der Waals surface area contributed by atoms with Crippen molar-refractivity contribution in [3.8, 4) is 0 Å². The molecule has 52 heavy (non-hydrogen) atoms. The van der Waals surface area contributed by atoms with Gasteiger partial charge in [0, 0.05) is 13.0 Å². The van der Waals surface area contributed by atoms with Crippen molar-refractivity contribution in [3.05, 3.63) is 85.5 Å². The van der Waals surface area contributed by atoms with Gasteiger partial charge in [0.25, 0.3) is 0 Å². The van der Waals surface area contributed by atoms with Crippen LogP contribution in [0.5, 0.6) is 0 Å². The van der Waals surface area contributed by atoms with Gasteiger partial charge in [0.15, 0.2) is 0 Å². The van der Waals surface area contributed by atoms with E-state index in [1.54, 1.807) is 21.7 Å². The fraction of sp³-hybridized carbons (Fsp3) is 0.487. The van der Waals surface area contributed by atoms with E-state index in [1.165, 1.54) is 4.90 Å². The summed E-state index contributed by atoms with van der Waals surface area (Å²) in [6.07, 6.45) is 4.78. The first kappa shape index (κ1) is 36.9. The first-order valence-electron chi connectivity index (χ1n) is 18.1. The number of para-hydroxylation sites is 1. The molecule has 0 aliphatic carbocycles. The highest BCUT2D eigenvalue weighted by Crippen LogP contribution is 2.59. The second-order valence-electron chi connectivity index (χ2n) is 14.0. The van der Waals surface area contributed by atoms with Gasteiger partial charge in [-0.15, -0.1) is 18.3 Å². The molecule has 1 spiro atoms. The minimum atomic E-state index is -1.30. The summed E-state index contributed by atoms with van der Waals surface area (Å²) in [5.74, 6) is -3.65. The number of hydrogen-bond donors (Lipinski definition) is 2. The van der Waals surface area contributed by atoms with Crippen LogP contribution in [0.3, 0.4) is 0 Å². The topological polar surface area (TPSA) is 156 Å². The van der Waals surface area contributed by atoms with E-state index >= 15 is 0 Å². The van der Waals surface area contributed by atoms with E-state index < -0.39 is 59.5 Å². The van der Waals surface area contributed by atoms with Crippen LogP contribution in [0.4, 0.5) is 0 Å². The number of rotatable bonds is 17. The SMILES string of the molecule is C=CCCC(=O)OC[C@@H](NC(=O)[C@@H]1[C@H]2C(=O)N([C@@H](CO)[C@@H](C)CC)[C@H](C(=O)N(CC=C)Cn3nnc4ccccc43)[C@]23CC[C@H]1O3)c1ccccc1. The third-order valence-electron chi connectivity index (χ3n) is 11.0. The number of hydrogen-bond acceptors (Lipinski definition) is 9. The lowest BCUT2D eigenvalue weighted by molar-refractivity contribution is -0.153. The molecular weight excluding hydrogens is 664 g/mol. The van der Waals surface area contributed by atoms with Gasteiger partial charge >= 0.3 is 5.97 Å². The summed E-state index contributed by atoms with van der Waals surface area (Å²) in [4.78, 5) is 59.7. The quantitative estimate of drug-likeness (QED) is 0.158. The van der Waals surface area contributed by atoms with E-state index in [9.17, 15) is 24.3 Å². The molecule has 2 aromatic carbocycles. The molecule has 3 amide bonds. The number of allylic oxidation sites excluding steroid dienone is 1. The Labute approximate surface area is 303 Å². The average molecular weight is 713 g/mol.